The molecule has 0 atom stereocenters. The molecule has 0 aliphatic heterocycles. The second kappa shape index (κ2) is 6.24. The highest BCUT2D eigenvalue weighted by Crippen LogP contribution is 2.22. The van der Waals surface area contributed by atoms with Crippen LogP contribution >= 0.6 is 11.6 Å². The molecule has 1 amide bonds. The number of amides is 1. The molecule has 0 unspecified atom stereocenters. The smallest absolute Gasteiger partial charge is 0.236 e. The first-order chi connectivity index (χ1) is 8.04. The molecule has 1 aromatic heterocycles. The lowest BCUT2D eigenvalue weighted by molar-refractivity contribution is -0.116. The summed E-state index contributed by atoms with van der Waals surface area (Å²) in [6.45, 7) is 2.88. The third-order valence-corrected chi connectivity index (χ3v) is 2.28. The first-order valence-electron chi connectivity index (χ1n) is 5.30. The monoisotopic (exact) mass is 257 g/mol. The Kier molecular flexibility index (Phi) is 4.96. The third-order valence-electron chi connectivity index (χ3n) is 2.01. The van der Waals surface area contributed by atoms with Crippen LogP contribution in [0.2, 0.25) is 5.02 Å². The van der Waals surface area contributed by atoms with E-state index >= 15 is 0 Å². The molecular formula is C10H16ClN5O. The van der Waals surface area contributed by atoms with Gasteiger partial charge in [0.1, 0.15) is 5.02 Å². The number of nitrogens with zero attached hydrogens (tertiary/aromatic N) is 3. The highest BCUT2D eigenvalue weighted by atomic mass is 35.5. The van der Waals surface area contributed by atoms with E-state index in [0.29, 0.717) is 16.8 Å². The quantitative estimate of drug-likeness (QED) is 0.790. The van der Waals surface area contributed by atoms with Crippen molar-refractivity contribution in [3.63, 3.8) is 0 Å². The fourth-order valence-electron chi connectivity index (χ4n) is 1.26. The molecule has 94 valence electrons. The summed E-state index contributed by atoms with van der Waals surface area (Å²) in [5, 5.41) is 3.43. The van der Waals surface area contributed by atoms with E-state index in [1.165, 1.54) is 6.20 Å². The van der Waals surface area contributed by atoms with E-state index in [1.54, 1.807) is 11.9 Å². The fourth-order valence-corrected chi connectivity index (χ4v) is 1.49. The molecule has 1 rings (SSSR count). The van der Waals surface area contributed by atoms with Gasteiger partial charge in [-0.1, -0.05) is 18.5 Å². The Hall–Kier alpha value is -1.56. The van der Waals surface area contributed by atoms with Gasteiger partial charge in [0.15, 0.2) is 5.82 Å². The van der Waals surface area contributed by atoms with Gasteiger partial charge in [-0.2, -0.15) is 4.98 Å². The van der Waals surface area contributed by atoms with Crippen LogP contribution in [0.15, 0.2) is 6.20 Å². The van der Waals surface area contributed by atoms with Crippen LogP contribution in [-0.2, 0) is 4.79 Å². The van der Waals surface area contributed by atoms with Crippen LogP contribution in [-0.4, -0.2) is 36.0 Å². The van der Waals surface area contributed by atoms with Crippen molar-refractivity contribution in [1.29, 1.82) is 0 Å². The highest BCUT2D eigenvalue weighted by molar-refractivity contribution is 6.32. The van der Waals surface area contributed by atoms with E-state index in [-0.39, 0.29) is 6.54 Å². The van der Waals surface area contributed by atoms with Gasteiger partial charge in [0.25, 0.3) is 0 Å². The van der Waals surface area contributed by atoms with Gasteiger partial charge in [-0.25, -0.2) is 4.98 Å². The SMILES string of the molecule is CCCNc1ncc(Cl)c(N(C)CC(N)=O)n1. The summed E-state index contributed by atoms with van der Waals surface area (Å²) in [6.07, 6.45) is 2.47. The average molecular weight is 258 g/mol. The number of rotatable bonds is 6. The summed E-state index contributed by atoms with van der Waals surface area (Å²) in [5.41, 5.74) is 5.12. The Balaban J connectivity index is 2.85. The lowest BCUT2D eigenvalue weighted by Crippen LogP contribution is -2.31. The van der Waals surface area contributed by atoms with Gasteiger partial charge in [0.2, 0.25) is 11.9 Å². The van der Waals surface area contributed by atoms with Gasteiger partial charge < -0.3 is 16.0 Å². The maximum absolute atomic E-state index is 10.8. The summed E-state index contributed by atoms with van der Waals surface area (Å²) >= 11 is 5.96. The van der Waals surface area contributed by atoms with Crippen LogP contribution in [0.4, 0.5) is 11.8 Å². The van der Waals surface area contributed by atoms with Gasteiger partial charge in [-0.15, -0.1) is 0 Å². The van der Waals surface area contributed by atoms with Crippen molar-refractivity contribution in [3.8, 4) is 0 Å². The number of hydrogen-bond acceptors (Lipinski definition) is 5. The maximum atomic E-state index is 10.8. The molecule has 0 bridgehead atoms. The molecule has 17 heavy (non-hydrogen) atoms. The first kappa shape index (κ1) is 13.5. The van der Waals surface area contributed by atoms with E-state index in [9.17, 15) is 4.79 Å². The second-order valence-corrected chi connectivity index (χ2v) is 4.02. The van der Waals surface area contributed by atoms with Gasteiger partial charge in [-0.3, -0.25) is 4.79 Å². The summed E-state index contributed by atoms with van der Waals surface area (Å²) in [7, 11) is 1.70. The number of nitrogens with one attached hydrogen (secondary N) is 1. The van der Waals surface area contributed by atoms with Crippen molar-refractivity contribution >= 4 is 29.3 Å². The summed E-state index contributed by atoms with van der Waals surface area (Å²) < 4.78 is 0. The molecule has 3 N–H and O–H groups in total. The Morgan fingerprint density at radius 1 is 1.65 bits per heavy atom. The van der Waals surface area contributed by atoms with E-state index in [2.05, 4.69) is 15.3 Å². The third kappa shape index (κ3) is 4.07. The summed E-state index contributed by atoms with van der Waals surface area (Å²) in [4.78, 5) is 20.7. The number of halogens is 1. The van der Waals surface area contributed by atoms with Crippen LogP contribution < -0.4 is 16.0 Å². The van der Waals surface area contributed by atoms with Crippen LogP contribution in [0, 0.1) is 0 Å². The zero-order chi connectivity index (χ0) is 12.8. The van der Waals surface area contributed by atoms with E-state index in [4.69, 9.17) is 17.3 Å². The lowest BCUT2D eigenvalue weighted by Gasteiger charge is -2.17. The number of aromatic nitrogens is 2. The number of carbonyl (C=O) groups excluding carboxylic acids is 1. The molecular weight excluding hydrogens is 242 g/mol. The fraction of sp³-hybridized carbons (Fsp3) is 0.500. The number of hydrogen-bond donors (Lipinski definition) is 2. The zero-order valence-electron chi connectivity index (χ0n) is 9.90. The van der Waals surface area contributed by atoms with Gasteiger partial charge >= 0.3 is 0 Å². The molecule has 0 aromatic carbocycles. The van der Waals surface area contributed by atoms with Gasteiger partial charge in [-0.05, 0) is 6.42 Å². The Morgan fingerprint density at radius 2 is 2.35 bits per heavy atom. The molecule has 0 spiro atoms. The van der Waals surface area contributed by atoms with Gasteiger partial charge in [0.05, 0.1) is 12.7 Å². The van der Waals surface area contributed by atoms with Gasteiger partial charge in [0, 0.05) is 13.6 Å². The molecule has 0 saturated carbocycles. The molecule has 6 nitrogen and oxygen atoms in total. The Morgan fingerprint density at radius 3 is 2.94 bits per heavy atom. The lowest BCUT2D eigenvalue weighted by atomic mass is 10.4. The number of primary amides is 1. The average Bonchev–Trinajstić information content (AvgIpc) is 2.27. The predicted molar refractivity (Wildman–Crippen MR) is 68.3 cm³/mol. The molecule has 0 aliphatic rings. The van der Waals surface area contributed by atoms with Crippen LogP contribution in [0.3, 0.4) is 0 Å². The molecule has 7 heteroatoms. The Bertz CT molecular complexity index is 398. The summed E-state index contributed by atoms with van der Waals surface area (Å²) in [5.74, 6) is 0.534. The molecule has 0 aliphatic carbocycles. The van der Waals surface area contributed by atoms with Crippen LogP contribution in [0.1, 0.15) is 13.3 Å². The van der Waals surface area contributed by atoms with Crippen molar-refractivity contribution in [2.24, 2.45) is 5.73 Å². The van der Waals surface area contributed by atoms with Crippen LogP contribution in [0.5, 0.6) is 0 Å². The number of nitrogens with two attached hydrogens (primary N) is 1. The standard InChI is InChI=1S/C10H16ClN5O/c1-3-4-13-10-14-5-7(11)9(15-10)16(2)6-8(12)17/h5H,3-4,6H2,1-2H3,(H2,12,17)(H,13,14,15). The number of carbonyl (C=O) groups is 1. The largest absolute Gasteiger partial charge is 0.368 e. The minimum Gasteiger partial charge on any atom is -0.368 e. The van der Waals surface area contributed by atoms with Crippen molar-refractivity contribution in [2.75, 3.05) is 30.4 Å². The number of anilines is 2. The normalized spacial score (nSPS) is 10.1. The molecule has 1 heterocycles. The van der Waals surface area contributed by atoms with Crippen LogP contribution in [0.25, 0.3) is 0 Å². The van der Waals surface area contributed by atoms with E-state index in [0.717, 1.165) is 13.0 Å². The molecule has 0 radical (unpaired) electrons. The van der Waals surface area contributed by atoms with Crippen molar-refractivity contribution in [2.45, 2.75) is 13.3 Å². The summed E-state index contributed by atoms with van der Waals surface area (Å²) in [6, 6.07) is 0. The highest BCUT2D eigenvalue weighted by Gasteiger charge is 2.11. The topological polar surface area (TPSA) is 84.1 Å². The molecule has 0 saturated heterocycles. The second-order valence-electron chi connectivity index (χ2n) is 3.61. The van der Waals surface area contributed by atoms with E-state index < -0.39 is 5.91 Å². The zero-order valence-corrected chi connectivity index (χ0v) is 10.7. The predicted octanol–water partition coefficient (Wildman–Crippen LogP) is 0.873. The van der Waals surface area contributed by atoms with Crippen molar-refractivity contribution < 1.29 is 4.79 Å². The minimum absolute atomic E-state index is 0.0595. The number of likely N-dealkylation sites (N-methyl/N-ethyl adjacent to an activating group) is 1. The Labute approximate surface area is 105 Å². The maximum Gasteiger partial charge on any atom is 0.236 e. The molecule has 0 fully saturated rings. The first-order valence-corrected chi connectivity index (χ1v) is 5.68. The van der Waals surface area contributed by atoms with Crippen molar-refractivity contribution in [3.05, 3.63) is 11.2 Å². The van der Waals surface area contributed by atoms with Crippen molar-refractivity contribution in [1.82, 2.24) is 9.97 Å². The van der Waals surface area contributed by atoms with E-state index in [1.807, 2.05) is 6.92 Å². The minimum atomic E-state index is -0.440. The molecule has 1 aromatic rings.